The molecule has 1 aromatic heterocycles. The van der Waals surface area contributed by atoms with E-state index >= 15 is 0 Å². The lowest BCUT2D eigenvalue weighted by atomic mass is 10.0. The first kappa shape index (κ1) is 19.9. The molecule has 0 bridgehead atoms. The predicted octanol–water partition coefficient (Wildman–Crippen LogP) is 3.64. The standard InChI is InChI=1S/C19H24N2O4S2/c1-14-8-9-17(25-2)16(12-14)20-18(22)13-15-6-3-4-10-21(15)27(23,24)19-7-5-11-26-19/h5,7-9,11-12,15H,3-4,6,10,13H2,1-2H3,(H,20,22)/t15-/m1/s1. The summed E-state index contributed by atoms with van der Waals surface area (Å²) < 4.78 is 33.0. The number of piperidine rings is 1. The molecule has 1 amide bonds. The van der Waals surface area contributed by atoms with Crippen molar-refractivity contribution in [3.63, 3.8) is 0 Å². The maximum Gasteiger partial charge on any atom is 0.252 e. The number of anilines is 1. The number of amides is 1. The largest absolute Gasteiger partial charge is 0.495 e. The molecule has 0 aliphatic carbocycles. The number of hydrogen-bond donors (Lipinski definition) is 1. The Bertz CT molecular complexity index is 894. The highest BCUT2D eigenvalue weighted by Crippen LogP contribution is 2.30. The first-order valence-electron chi connectivity index (χ1n) is 8.91. The molecule has 0 unspecified atom stereocenters. The number of aryl methyl sites for hydroxylation is 1. The number of ether oxygens (including phenoxy) is 1. The Morgan fingerprint density at radius 3 is 2.85 bits per heavy atom. The van der Waals surface area contributed by atoms with Crippen molar-refractivity contribution in [1.29, 1.82) is 0 Å². The molecule has 1 aromatic carbocycles. The minimum absolute atomic E-state index is 0.127. The van der Waals surface area contributed by atoms with E-state index in [0.29, 0.717) is 28.6 Å². The van der Waals surface area contributed by atoms with Crippen LogP contribution in [0.2, 0.25) is 0 Å². The number of sulfonamides is 1. The Morgan fingerprint density at radius 1 is 1.33 bits per heavy atom. The molecule has 2 aromatic rings. The third kappa shape index (κ3) is 4.51. The Kier molecular flexibility index (Phi) is 6.18. The van der Waals surface area contributed by atoms with Crippen molar-refractivity contribution in [3.8, 4) is 5.75 Å². The fourth-order valence-corrected chi connectivity index (χ4v) is 6.17. The molecule has 1 aliphatic rings. The van der Waals surface area contributed by atoms with Crippen molar-refractivity contribution in [2.45, 2.75) is 42.9 Å². The van der Waals surface area contributed by atoms with Crippen LogP contribution in [0.4, 0.5) is 5.69 Å². The molecule has 0 radical (unpaired) electrons. The number of nitrogens with one attached hydrogen (secondary N) is 1. The SMILES string of the molecule is COc1ccc(C)cc1NC(=O)C[C@H]1CCCCN1S(=O)(=O)c1cccs1. The van der Waals surface area contributed by atoms with Crippen LogP contribution in [-0.2, 0) is 14.8 Å². The van der Waals surface area contributed by atoms with Gasteiger partial charge in [0.2, 0.25) is 5.91 Å². The first-order valence-corrected chi connectivity index (χ1v) is 11.2. The number of benzene rings is 1. The number of carbonyl (C=O) groups is 1. The van der Waals surface area contributed by atoms with Crippen molar-refractivity contribution in [2.24, 2.45) is 0 Å². The summed E-state index contributed by atoms with van der Waals surface area (Å²) in [5.41, 5.74) is 1.61. The first-order chi connectivity index (χ1) is 12.9. The molecule has 1 saturated heterocycles. The van der Waals surface area contributed by atoms with E-state index in [-0.39, 0.29) is 18.4 Å². The Hall–Kier alpha value is -1.90. The topological polar surface area (TPSA) is 75.7 Å². The molecule has 0 spiro atoms. The van der Waals surface area contributed by atoms with Crippen LogP contribution in [0.5, 0.6) is 5.75 Å². The second-order valence-corrected chi connectivity index (χ2v) is 9.72. The van der Waals surface area contributed by atoms with Crippen LogP contribution in [0.15, 0.2) is 39.9 Å². The monoisotopic (exact) mass is 408 g/mol. The maximum absolute atomic E-state index is 12.9. The van der Waals surface area contributed by atoms with Gasteiger partial charge in [-0.2, -0.15) is 4.31 Å². The molecule has 1 fully saturated rings. The van der Waals surface area contributed by atoms with Gasteiger partial charge in [-0.15, -0.1) is 11.3 Å². The summed E-state index contributed by atoms with van der Waals surface area (Å²) in [4.78, 5) is 12.6. The number of methoxy groups -OCH3 is 1. The van der Waals surface area contributed by atoms with Gasteiger partial charge in [0.25, 0.3) is 10.0 Å². The van der Waals surface area contributed by atoms with Crippen LogP contribution < -0.4 is 10.1 Å². The Balaban J connectivity index is 1.75. The van der Waals surface area contributed by atoms with E-state index in [1.807, 2.05) is 19.1 Å². The Labute approximate surface area is 164 Å². The number of nitrogens with zero attached hydrogens (tertiary/aromatic N) is 1. The second-order valence-electron chi connectivity index (χ2n) is 6.65. The summed E-state index contributed by atoms with van der Waals surface area (Å²) in [7, 11) is -2.01. The van der Waals surface area contributed by atoms with E-state index in [2.05, 4.69) is 5.32 Å². The molecule has 1 aliphatic heterocycles. The van der Waals surface area contributed by atoms with Gasteiger partial charge in [0, 0.05) is 19.0 Å². The normalized spacial score (nSPS) is 18.2. The molecule has 27 heavy (non-hydrogen) atoms. The average Bonchev–Trinajstić information content (AvgIpc) is 3.18. The second kappa shape index (κ2) is 8.41. The molecule has 146 valence electrons. The fraction of sp³-hybridized carbons (Fsp3) is 0.421. The van der Waals surface area contributed by atoms with Crippen LogP contribution in [-0.4, -0.2) is 38.3 Å². The average molecular weight is 409 g/mol. The third-order valence-corrected chi connectivity index (χ3v) is 8.01. The van der Waals surface area contributed by atoms with E-state index in [1.54, 1.807) is 30.7 Å². The van der Waals surface area contributed by atoms with Crippen molar-refractivity contribution >= 4 is 33.0 Å². The van der Waals surface area contributed by atoms with Crippen LogP contribution in [0, 0.1) is 6.92 Å². The van der Waals surface area contributed by atoms with E-state index in [0.717, 1.165) is 18.4 Å². The molecule has 3 rings (SSSR count). The van der Waals surface area contributed by atoms with Crippen molar-refractivity contribution in [3.05, 3.63) is 41.3 Å². The highest BCUT2D eigenvalue weighted by atomic mass is 32.2. The summed E-state index contributed by atoms with van der Waals surface area (Å²) in [5.74, 6) is 0.373. The van der Waals surface area contributed by atoms with E-state index < -0.39 is 10.0 Å². The van der Waals surface area contributed by atoms with Gasteiger partial charge in [-0.25, -0.2) is 8.42 Å². The summed E-state index contributed by atoms with van der Waals surface area (Å²) in [6.07, 6.45) is 2.54. The van der Waals surface area contributed by atoms with Crippen molar-refractivity contribution in [1.82, 2.24) is 4.31 Å². The van der Waals surface area contributed by atoms with Gasteiger partial charge in [-0.1, -0.05) is 18.6 Å². The lowest BCUT2D eigenvalue weighted by molar-refractivity contribution is -0.117. The molecule has 6 nitrogen and oxygen atoms in total. The van der Waals surface area contributed by atoms with Gasteiger partial charge >= 0.3 is 0 Å². The number of hydrogen-bond acceptors (Lipinski definition) is 5. The number of rotatable bonds is 6. The molecular weight excluding hydrogens is 384 g/mol. The van der Waals surface area contributed by atoms with E-state index in [1.165, 1.54) is 15.6 Å². The smallest absolute Gasteiger partial charge is 0.252 e. The zero-order valence-electron chi connectivity index (χ0n) is 15.5. The minimum atomic E-state index is -3.56. The summed E-state index contributed by atoms with van der Waals surface area (Å²) in [6, 6.07) is 8.57. The lowest BCUT2D eigenvalue weighted by Crippen LogP contribution is -2.45. The number of carbonyl (C=O) groups excluding carboxylic acids is 1. The minimum Gasteiger partial charge on any atom is -0.495 e. The van der Waals surface area contributed by atoms with Crippen molar-refractivity contribution in [2.75, 3.05) is 19.0 Å². The van der Waals surface area contributed by atoms with E-state index in [9.17, 15) is 13.2 Å². The molecule has 0 saturated carbocycles. The summed E-state index contributed by atoms with van der Waals surface area (Å²) in [6.45, 7) is 2.39. The van der Waals surface area contributed by atoms with Gasteiger partial charge in [0.05, 0.1) is 12.8 Å². The quantitative estimate of drug-likeness (QED) is 0.792. The predicted molar refractivity (Wildman–Crippen MR) is 107 cm³/mol. The number of thiophene rings is 1. The summed E-state index contributed by atoms with van der Waals surface area (Å²) in [5, 5.41) is 4.63. The fourth-order valence-electron chi connectivity index (χ4n) is 3.36. The lowest BCUT2D eigenvalue weighted by Gasteiger charge is -2.34. The van der Waals surface area contributed by atoms with Gasteiger partial charge in [-0.3, -0.25) is 4.79 Å². The molecule has 8 heteroatoms. The molecule has 1 N–H and O–H groups in total. The zero-order chi connectivity index (χ0) is 19.4. The van der Waals surface area contributed by atoms with Gasteiger partial charge < -0.3 is 10.1 Å². The molecule has 2 heterocycles. The van der Waals surface area contributed by atoms with Gasteiger partial charge in [0.1, 0.15) is 9.96 Å². The third-order valence-electron chi connectivity index (χ3n) is 4.68. The van der Waals surface area contributed by atoms with Gasteiger partial charge in [-0.05, 0) is 48.9 Å². The van der Waals surface area contributed by atoms with Gasteiger partial charge in [0.15, 0.2) is 0 Å². The van der Waals surface area contributed by atoms with Crippen molar-refractivity contribution < 1.29 is 17.9 Å². The van der Waals surface area contributed by atoms with E-state index in [4.69, 9.17) is 4.74 Å². The van der Waals surface area contributed by atoms with Crippen LogP contribution in [0.1, 0.15) is 31.2 Å². The van der Waals surface area contributed by atoms with Crippen LogP contribution in [0.25, 0.3) is 0 Å². The maximum atomic E-state index is 12.9. The summed E-state index contributed by atoms with van der Waals surface area (Å²) >= 11 is 1.21. The highest BCUT2D eigenvalue weighted by Gasteiger charge is 2.35. The molecule has 1 atom stereocenters. The van der Waals surface area contributed by atoms with Crippen LogP contribution in [0.3, 0.4) is 0 Å². The van der Waals surface area contributed by atoms with Crippen LogP contribution >= 0.6 is 11.3 Å². The molecular formula is C19H24N2O4S2. The zero-order valence-corrected chi connectivity index (χ0v) is 17.1. The highest BCUT2D eigenvalue weighted by molar-refractivity contribution is 7.91. The Morgan fingerprint density at radius 2 is 2.15 bits per heavy atom.